The molecule has 0 saturated carbocycles. The number of hydrogen-bond donors (Lipinski definition) is 1. The Balaban J connectivity index is 1.67. The normalized spacial score (nSPS) is 12.0. The molecule has 0 aliphatic heterocycles. The van der Waals surface area contributed by atoms with Crippen molar-refractivity contribution >= 4 is 5.78 Å². The van der Waals surface area contributed by atoms with Crippen molar-refractivity contribution in [3.8, 4) is 11.5 Å². The van der Waals surface area contributed by atoms with E-state index in [2.05, 4.69) is 0 Å². The molecule has 2 aromatic rings. The molecule has 26 heavy (non-hydrogen) atoms. The minimum Gasteiger partial charge on any atom is -0.492 e. The molecule has 2 rings (SSSR count). The summed E-state index contributed by atoms with van der Waals surface area (Å²) in [6, 6.07) is 14.8. The molecule has 0 spiro atoms. The molecule has 0 heterocycles. The van der Waals surface area contributed by atoms with Crippen molar-refractivity contribution < 1.29 is 19.4 Å². The van der Waals surface area contributed by atoms with Crippen LogP contribution in [0.5, 0.6) is 11.5 Å². The molecule has 0 radical (unpaired) electrons. The summed E-state index contributed by atoms with van der Waals surface area (Å²) in [5, 5.41) is 10.1. The van der Waals surface area contributed by atoms with Crippen molar-refractivity contribution in [1.82, 2.24) is 4.90 Å². The molecular formula is C21H27NO4. The molecule has 0 fully saturated rings. The number of hydrogen-bond acceptors (Lipinski definition) is 5. The summed E-state index contributed by atoms with van der Waals surface area (Å²) in [5.41, 5.74) is 1.76. The van der Waals surface area contributed by atoms with Crippen molar-refractivity contribution in [2.24, 2.45) is 0 Å². The first-order chi connectivity index (χ1) is 12.5. The number of carbonyl (C=O) groups excluding carboxylic acids is 1. The third kappa shape index (κ3) is 6.50. The van der Waals surface area contributed by atoms with Crippen molar-refractivity contribution in [3.05, 3.63) is 59.7 Å². The van der Waals surface area contributed by atoms with Gasteiger partial charge < -0.3 is 19.5 Å². The number of nitrogens with zero attached hydrogens (tertiary/aromatic N) is 1. The summed E-state index contributed by atoms with van der Waals surface area (Å²) < 4.78 is 11.3. The molecule has 1 unspecified atom stereocenters. The zero-order valence-electron chi connectivity index (χ0n) is 15.6. The number of likely N-dealkylation sites (N-methyl/N-ethyl adjacent to an activating group) is 1. The highest BCUT2D eigenvalue weighted by Crippen LogP contribution is 2.16. The smallest absolute Gasteiger partial charge is 0.159 e. The fraction of sp³-hybridized carbons (Fsp3) is 0.381. The molecule has 0 saturated heterocycles. The number of carbonyl (C=O) groups is 1. The lowest BCUT2D eigenvalue weighted by Crippen LogP contribution is -2.35. The maximum atomic E-state index is 11.2. The van der Waals surface area contributed by atoms with Gasteiger partial charge in [0.1, 0.15) is 30.8 Å². The van der Waals surface area contributed by atoms with Crippen LogP contribution in [0.4, 0.5) is 0 Å². The fourth-order valence-electron chi connectivity index (χ4n) is 2.51. The Labute approximate surface area is 155 Å². The van der Waals surface area contributed by atoms with Gasteiger partial charge in [0.2, 0.25) is 0 Å². The van der Waals surface area contributed by atoms with Crippen LogP contribution < -0.4 is 9.47 Å². The Hall–Kier alpha value is -2.37. The van der Waals surface area contributed by atoms with E-state index in [0.29, 0.717) is 31.0 Å². The standard InChI is InChI=1S/C21H27NO4/c1-16-6-4-5-7-21(16)25-13-12-22(3)14-19(24)15-26-20-10-8-18(9-11-20)17(2)23/h4-11,19,24H,12-15H2,1-3H3. The second-order valence-corrected chi connectivity index (χ2v) is 6.42. The summed E-state index contributed by atoms with van der Waals surface area (Å²) in [5.74, 6) is 1.55. The Morgan fingerprint density at radius 2 is 1.81 bits per heavy atom. The lowest BCUT2D eigenvalue weighted by atomic mass is 10.1. The van der Waals surface area contributed by atoms with Gasteiger partial charge in [0, 0.05) is 18.7 Å². The third-order valence-corrected chi connectivity index (χ3v) is 4.05. The van der Waals surface area contributed by atoms with Crippen LogP contribution in [0.1, 0.15) is 22.8 Å². The molecule has 1 atom stereocenters. The second-order valence-electron chi connectivity index (χ2n) is 6.42. The summed E-state index contributed by atoms with van der Waals surface area (Å²) in [7, 11) is 1.94. The summed E-state index contributed by atoms with van der Waals surface area (Å²) in [6.45, 7) is 5.49. The monoisotopic (exact) mass is 357 g/mol. The first-order valence-electron chi connectivity index (χ1n) is 8.74. The number of aryl methyl sites for hydroxylation is 1. The van der Waals surface area contributed by atoms with Gasteiger partial charge in [-0.1, -0.05) is 18.2 Å². The minimum absolute atomic E-state index is 0.0196. The Bertz CT molecular complexity index is 699. The van der Waals surface area contributed by atoms with Gasteiger partial charge in [0.05, 0.1) is 0 Å². The highest BCUT2D eigenvalue weighted by atomic mass is 16.5. The number of aliphatic hydroxyl groups is 1. The Morgan fingerprint density at radius 3 is 2.46 bits per heavy atom. The van der Waals surface area contributed by atoms with Crippen LogP contribution in [0, 0.1) is 6.92 Å². The lowest BCUT2D eigenvalue weighted by Gasteiger charge is -2.21. The first kappa shape index (κ1) is 19.9. The molecule has 1 N–H and O–H groups in total. The van der Waals surface area contributed by atoms with E-state index >= 15 is 0 Å². The van der Waals surface area contributed by atoms with E-state index < -0.39 is 6.10 Å². The largest absolute Gasteiger partial charge is 0.492 e. The van der Waals surface area contributed by atoms with Crippen molar-refractivity contribution in [2.75, 3.05) is 33.4 Å². The maximum Gasteiger partial charge on any atom is 0.159 e. The van der Waals surface area contributed by atoms with Crippen LogP contribution in [0.2, 0.25) is 0 Å². The molecule has 140 valence electrons. The SMILES string of the molecule is CC(=O)c1ccc(OCC(O)CN(C)CCOc2ccccc2C)cc1. The van der Waals surface area contributed by atoms with Gasteiger partial charge in [-0.3, -0.25) is 4.79 Å². The number of Topliss-reactive ketones (excluding diaryl/α,β-unsaturated/α-hetero) is 1. The van der Waals surface area contributed by atoms with E-state index in [4.69, 9.17) is 9.47 Å². The molecule has 5 heteroatoms. The Kier molecular flexibility index (Phi) is 7.63. The first-order valence-corrected chi connectivity index (χ1v) is 8.74. The van der Waals surface area contributed by atoms with Crippen LogP contribution >= 0.6 is 0 Å². The molecule has 0 amide bonds. The molecule has 2 aromatic carbocycles. The summed E-state index contributed by atoms with van der Waals surface area (Å²) >= 11 is 0. The van der Waals surface area contributed by atoms with Crippen LogP contribution in [-0.4, -0.2) is 55.2 Å². The van der Waals surface area contributed by atoms with Crippen molar-refractivity contribution in [1.29, 1.82) is 0 Å². The van der Waals surface area contributed by atoms with Crippen LogP contribution in [0.3, 0.4) is 0 Å². The number of aliphatic hydroxyl groups excluding tert-OH is 1. The Morgan fingerprint density at radius 1 is 1.12 bits per heavy atom. The fourth-order valence-corrected chi connectivity index (χ4v) is 2.51. The number of benzene rings is 2. The van der Waals surface area contributed by atoms with E-state index in [1.54, 1.807) is 24.3 Å². The van der Waals surface area contributed by atoms with Gasteiger partial charge in [0.15, 0.2) is 5.78 Å². The van der Waals surface area contributed by atoms with E-state index in [0.717, 1.165) is 11.3 Å². The quantitative estimate of drug-likeness (QED) is 0.663. The van der Waals surface area contributed by atoms with Gasteiger partial charge in [-0.2, -0.15) is 0 Å². The summed E-state index contributed by atoms with van der Waals surface area (Å²) in [4.78, 5) is 13.2. The predicted octanol–water partition coefficient (Wildman–Crippen LogP) is 2.95. The highest BCUT2D eigenvalue weighted by molar-refractivity contribution is 5.94. The van der Waals surface area contributed by atoms with E-state index in [-0.39, 0.29) is 12.4 Å². The van der Waals surface area contributed by atoms with Gasteiger partial charge in [0.25, 0.3) is 0 Å². The van der Waals surface area contributed by atoms with Crippen LogP contribution in [-0.2, 0) is 0 Å². The van der Waals surface area contributed by atoms with Gasteiger partial charge in [-0.15, -0.1) is 0 Å². The number of rotatable bonds is 10. The average Bonchev–Trinajstić information content (AvgIpc) is 2.62. The molecule has 5 nitrogen and oxygen atoms in total. The minimum atomic E-state index is -0.606. The third-order valence-electron chi connectivity index (χ3n) is 4.05. The van der Waals surface area contributed by atoms with Gasteiger partial charge in [-0.05, 0) is 56.8 Å². The number of ether oxygens (including phenoxy) is 2. The van der Waals surface area contributed by atoms with Gasteiger partial charge in [-0.25, -0.2) is 0 Å². The zero-order chi connectivity index (χ0) is 18.9. The second kappa shape index (κ2) is 9.94. The predicted molar refractivity (Wildman–Crippen MR) is 102 cm³/mol. The number of para-hydroxylation sites is 1. The van der Waals surface area contributed by atoms with Crippen molar-refractivity contribution in [3.63, 3.8) is 0 Å². The van der Waals surface area contributed by atoms with E-state index in [1.165, 1.54) is 6.92 Å². The molecular weight excluding hydrogens is 330 g/mol. The highest BCUT2D eigenvalue weighted by Gasteiger charge is 2.10. The van der Waals surface area contributed by atoms with Gasteiger partial charge >= 0.3 is 0 Å². The topological polar surface area (TPSA) is 59.0 Å². The zero-order valence-corrected chi connectivity index (χ0v) is 15.6. The van der Waals surface area contributed by atoms with Crippen molar-refractivity contribution in [2.45, 2.75) is 20.0 Å². The summed E-state index contributed by atoms with van der Waals surface area (Å²) in [6.07, 6.45) is -0.606. The molecule has 0 aliphatic rings. The molecule has 0 aromatic heterocycles. The number of ketones is 1. The van der Waals surface area contributed by atoms with Crippen LogP contribution in [0.25, 0.3) is 0 Å². The van der Waals surface area contributed by atoms with E-state index in [9.17, 15) is 9.90 Å². The lowest BCUT2D eigenvalue weighted by molar-refractivity contribution is 0.0722. The average molecular weight is 357 g/mol. The van der Waals surface area contributed by atoms with E-state index in [1.807, 2.05) is 43.1 Å². The van der Waals surface area contributed by atoms with Crippen LogP contribution in [0.15, 0.2) is 48.5 Å². The molecule has 0 aliphatic carbocycles. The maximum absolute atomic E-state index is 11.2. The molecule has 0 bridgehead atoms.